The maximum atomic E-state index is 11.0. The first kappa shape index (κ1) is 10.6. The van der Waals surface area contributed by atoms with E-state index in [2.05, 4.69) is 9.97 Å². The van der Waals surface area contributed by atoms with Crippen LogP contribution in [-0.4, -0.2) is 14.9 Å². The minimum Gasteiger partial charge on any atom is -0.258 e. The third-order valence-corrected chi connectivity index (χ3v) is 2.92. The van der Waals surface area contributed by atoms with E-state index in [-0.39, 0.29) is 5.69 Å². The molecule has 3 rings (SSSR count). The van der Waals surface area contributed by atoms with Gasteiger partial charge in [0.05, 0.1) is 26.9 Å². The summed E-state index contributed by atoms with van der Waals surface area (Å²) in [6.07, 6.45) is 1.65. The Bertz CT molecular complexity index is 784. The summed E-state index contributed by atoms with van der Waals surface area (Å²) >= 11 is 0. The Labute approximate surface area is 102 Å². The van der Waals surface area contributed by atoms with Crippen LogP contribution in [0.5, 0.6) is 0 Å². The Balaban J connectivity index is 2.52. The first-order valence-electron chi connectivity index (χ1n) is 5.46. The molecule has 0 fully saturated rings. The molecule has 0 unspecified atom stereocenters. The summed E-state index contributed by atoms with van der Waals surface area (Å²) in [6.45, 7) is 1.89. The quantitative estimate of drug-likeness (QED) is 0.372. The van der Waals surface area contributed by atoms with Gasteiger partial charge in [0, 0.05) is 12.3 Å². The van der Waals surface area contributed by atoms with E-state index in [4.69, 9.17) is 0 Å². The van der Waals surface area contributed by atoms with Gasteiger partial charge in [-0.2, -0.15) is 0 Å². The van der Waals surface area contributed by atoms with E-state index in [9.17, 15) is 10.1 Å². The van der Waals surface area contributed by atoms with E-state index < -0.39 is 4.92 Å². The third kappa shape index (κ3) is 1.48. The lowest BCUT2D eigenvalue weighted by atomic mass is 10.1. The highest BCUT2D eigenvalue weighted by atomic mass is 16.6. The number of hydrogen-bond acceptors (Lipinski definition) is 4. The van der Waals surface area contributed by atoms with Crippen LogP contribution < -0.4 is 0 Å². The van der Waals surface area contributed by atoms with E-state index in [0.717, 1.165) is 11.1 Å². The van der Waals surface area contributed by atoms with Crippen LogP contribution in [0.25, 0.3) is 21.9 Å². The number of nitro benzene ring substituents is 1. The number of benzene rings is 1. The molecule has 0 saturated carbocycles. The molecule has 0 radical (unpaired) electrons. The summed E-state index contributed by atoms with van der Waals surface area (Å²) in [5.41, 5.74) is 3.05. The summed E-state index contributed by atoms with van der Waals surface area (Å²) in [7, 11) is 0. The number of non-ortho nitro benzene ring substituents is 1. The second kappa shape index (κ2) is 3.73. The average Bonchev–Trinajstić information content (AvgIpc) is 2.37. The molecule has 2 aromatic heterocycles. The molecule has 1 aromatic carbocycles. The normalized spacial score (nSPS) is 10.9. The van der Waals surface area contributed by atoms with Crippen molar-refractivity contribution >= 4 is 27.6 Å². The Kier molecular flexibility index (Phi) is 2.19. The first-order chi connectivity index (χ1) is 8.66. The molecule has 0 N–H and O–H groups in total. The predicted octanol–water partition coefficient (Wildman–Crippen LogP) is 3.00. The monoisotopic (exact) mass is 239 g/mol. The second-order valence-corrected chi connectivity index (χ2v) is 4.08. The molecule has 0 bridgehead atoms. The average molecular weight is 239 g/mol. The molecule has 18 heavy (non-hydrogen) atoms. The number of aromatic nitrogens is 2. The molecule has 0 atom stereocenters. The highest BCUT2D eigenvalue weighted by Crippen LogP contribution is 2.28. The molecular weight excluding hydrogens is 230 g/mol. The van der Waals surface area contributed by atoms with Gasteiger partial charge in [-0.3, -0.25) is 15.1 Å². The minimum atomic E-state index is -0.391. The topological polar surface area (TPSA) is 68.9 Å². The van der Waals surface area contributed by atoms with Crippen molar-refractivity contribution in [3.63, 3.8) is 0 Å². The Hall–Kier alpha value is -2.56. The van der Waals surface area contributed by atoms with Gasteiger partial charge in [-0.1, -0.05) is 6.07 Å². The second-order valence-electron chi connectivity index (χ2n) is 4.08. The van der Waals surface area contributed by atoms with Crippen LogP contribution in [0, 0.1) is 17.0 Å². The van der Waals surface area contributed by atoms with Crippen molar-refractivity contribution in [2.75, 3.05) is 0 Å². The van der Waals surface area contributed by atoms with Crippen LogP contribution in [0.15, 0.2) is 36.5 Å². The van der Waals surface area contributed by atoms with Crippen LogP contribution in [0.2, 0.25) is 0 Å². The maximum absolute atomic E-state index is 11.0. The first-order valence-corrected chi connectivity index (χ1v) is 5.46. The summed E-state index contributed by atoms with van der Waals surface area (Å²) < 4.78 is 0. The van der Waals surface area contributed by atoms with Crippen molar-refractivity contribution < 1.29 is 4.92 Å². The molecule has 0 aliphatic carbocycles. The number of fused-ring (bicyclic) bond motifs is 2. The van der Waals surface area contributed by atoms with Crippen LogP contribution in [0.1, 0.15) is 5.56 Å². The fourth-order valence-corrected chi connectivity index (χ4v) is 2.03. The Morgan fingerprint density at radius 1 is 1.22 bits per heavy atom. The van der Waals surface area contributed by atoms with Gasteiger partial charge in [-0.25, -0.2) is 4.98 Å². The van der Waals surface area contributed by atoms with Crippen molar-refractivity contribution in [2.24, 2.45) is 0 Å². The van der Waals surface area contributed by atoms with Gasteiger partial charge in [0.15, 0.2) is 0 Å². The Morgan fingerprint density at radius 2 is 2.06 bits per heavy atom. The highest BCUT2D eigenvalue weighted by Gasteiger charge is 2.14. The maximum Gasteiger partial charge on any atom is 0.278 e. The molecule has 88 valence electrons. The van der Waals surface area contributed by atoms with Crippen LogP contribution >= 0.6 is 0 Å². The van der Waals surface area contributed by atoms with Gasteiger partial charge in [-0.15, -0.1) is 0 Å². The van der Waals surface area contributed by atoms with Crippen LogP contribution in [0.3, 0.4) is 0 Å². The van der Waals surface area contributed by atoms with E-state index in [1.165, 1.54) is 6.07 Å². The predicted molar refractivity (Wildman–Crippen MR) is 68.4 cm³/mol. The standard InChI is InChI=1S/C13H9N3O2/c1-8-4-5-12(16(17)18)9-7-11-10(15-13(8)9)3-2-6-14-11/h2-7H,1H3. The summed E-state index contributed by atoms with van der Waals surface area (Å²) in [5.74, 6) is 0. The minimum absolute atomic E-state index is 0.0654. The summed E-state index contributed by atoms with van der Waals surface area (Å²) in [6, 6.07) is 8.60. The largest absolute Gasteiger partial charge is 0.278 e. The van der Waals surface area contributed by atoms with Gasteiger partial charge in [0.1, 0.15) is 0 Å². The van der Waals surface area contributed by atoms with Crippen molar-refractivity contribution in [1.29, 1.82) is 0 Å². The van der Waals surface area contributed by atoms with Gasteiger partial charge >= 0.3 is 0 Å². The van der Waals surface area contributed by atoms with E-state index in [1.54, 1.807) is 24.4 Å². The SMILES string of the molecule is Cc1ccc([N+](=O)[O-])c2cc3ncccc3nc12. The number of nitro groups is 1. The van der Waals surface area contributed by atoms with Gasteiger partial charge in [-0.05, 0) is 30.7 Å². The van der Waals surface area contributed by atoms with Crippen molar-refractivity contribution in [1.82, 2.24) is 9.97 Å². The molecule has 2 heterocycles. The van der Waals surface area contributed by atoms with E-state index >= 15 is 0 Å². The van der Waals surface area contributed by atoms with Gasteiger partial charge < -0.3 is 0 Å². The number of hydrogen-bond donors (Lipinski definition) is 0. The molecule has 3 aromatic rings. The highest BCUT2D eigenvalue weighted by molar-refractivity contribution is 5.97. The van der Waals surface area contributed by atoms with Crippen molar-refractivity contribution in [3.8, 4) is 0 Å². The molecule has 5 heteroatoms. The van der Waals surface area contributed by atoms with E-state index in [0.29, 0.717) is 16.4 Å². The number of nitrogens with zero attached hydrogens (tertiary/aromatic N) is 3. The lowest BCUT2D eigenvalue weighted by molar-refractivity contribution is -0.383. The zero-order chi connectivity index (χ0) is 12.7. The lowest BCUT2D eigenvalue weighted by Crippen LogP contribution is -1.93. The third-order valence-electron chi connectivity index (χ3n) is 2.92. The van der Waals surface area contributed by atoms with Crippen LogP contribution in [-0.2, 0) is 0 Å². The number of aryl methyl sites for hydroxylation is 1. The van der Waals surface area contributed by atoms with Gasteiger partial charge in [0.25, 0.3) is 5.69 Å². The summed E-state index contributed by atoms with van der Waals surface area (Å²) in [4.78, 5) is 19.3. The van der Waals surface area contributed by atoms with Crippen LogP contribution in [0.4, 0.5) is 5.69 Å². The molecule has 0 aliphatic heterocycles. The van der Waals surface area contributed by atoms with Crippen molar-refractivity contribution in [2.45, 2.75) is 6.92 Å². The lowest BCUT2D eigenvalue weighted by Gasteiger charge is -2.04. The van der Waals surface area contributed by atoms with Gasteiger partial charge in [0.2, 0.25) is 0 Å². The molecule has 0 saturated heterocycles. The van der Waals surface area contributed by atoms with E-state index in [1.807, 2.05) is 13.0 Å². The smallest absolute Gasteiger partial charge is 0.258 e. The molecule has 0 spiro atoms. The molecular formula is C13H9N3O2. The van der Waals surface area contributed by atoms with Crippen molar-refractivity contribution in [3.05, 3.63) is 52.2 Å². The molecule has 5 nitrogen and oxygen atoms in total. The number of pyridine rings is 2. The summed E-state index contributed by atoms with van der Waals surface area (Å²) in [5, 5.41) is 11.6. The zero-order valence-electron chi connectivity index (χ0n) is 9.62. The fraction of sp³-hybridized carbons (Fsp3) is 0.0769. The zero-order valence-corrected chi connectivity index (χ0v) is 9.62. The molecule has 0 aliphatic rings. The molecule has 0 amide bonds. The fourth-order valence-electron chi connectivity index (χ4n) is 2.03. The number of rotatable bonds is 1. The Morgan fingerprint density at radius 3 is 2.83 bits per heavy atom.